The zero-order chi connectivity index (χ0) is 16.2. The van der Waals surface area contributed by atoms with Crippen molar-refractivity contribution in [1.82, 2.24) is 0 Å². The monoisotopic (exact) mass is 393 g/mol. The molecule has 1 heterocycles. The van der Waals surface area contributed by atoms with E-state index in [1.54, 1.807) is 6.07 Å². The molecule has 1 amide bonds. The Morgan fingerprint density at radius 1 is 1.17 bits per heavy atom. The first-order chi connectivity index (χ1) is 11.1. The molecule has 3 rings (SSSR count). The third kappa shape index (κ3) is 4.00. The van der Waals surface area contributed by atoms with Crippen LogP contribution in [-0.4, -0.2) is 24.4 Å². The molecule has 1 aliphatic heterocycles. The van der Waals surface area contributed by atoms with Crippen molar-refractivity contribution in [2.24, 2.45) is 0 Å². The predicted molar refractivity (Wildman–Crippen MR) is 95.5 cm³/mol. The van der Waals surface area contributed by atoms with Crippen LogP contribution in [0.25, 0.3) is 0 Å². The lowest BCUT2D eigenvalue weighted by Crippen LogP contribution is -2.22. The maximum absolute atomic E-state index is 12.4. The summed E-state index contributed by atoms with van der Waals surface area (Å²) in [6.45, 7) is 2.97. The predicted octanol–water partition coefficient (Wildman–Crippen LogP) is 4.34. The number of carbonyl (C=O) groups excluding carboxylic acids is 1. The van der Waals surface area contributed by atoms with Gasteiger partial charge in [0, 0.05) is 21.1 Å². The number of thioether (sulfide) groups is 1. The Bertz CT molecular complexity index is 723. The van der Waals surface area contributed by atoms with Crippen molar-refractivity contribution in [2.75, 3.05) is 18.5 Å². The zero-order valence-electron chi connectivity index (χ0n) is 12.5. The molecule has 0 radical (unpaired) electrons. The van der Waals surface area contributed by atoms with Crippen molar-refractivity contribution in [3.05, 3.63) is 46.9 Å². The zero-order valence-corrected chi connectivity index (χ0v) is 14.9. The van der Waals surface area contributed by atoms with E-state index in [2.05, 4.69) is 21.2 Å². The van der Waals surface area contributed by atoms with Gasteiger partial charge < -0.3 is 14.8 Å². The molecule has 0 spiro atoms. The molecule has 0 bridgehead atoms. The molecule has 1 N–H and O–H groups in total. The summed E-state index contributed by atoms with van der Waals surface area (Å²) in [6.07, 6.45) is 0. The van der Waals surface area contributed by atoms with Crippen molar-refractivity contribution in [2.45, 2.75) is 17.1 Å². The Balaban J connectivity index is 1.65. The molecule has 0 saturated carbocycles. The summed E-state index contributed by atoms with van der Waals surface area (Å²) in [6, 6.07) is 13.3. The SMILES string of the molecule is CC(Sc1ccccc1Br)C(=O)Nc1ccc2c(c1)OCCO2. The van der Waals surface area contributed by atoms with E-state index in [0.717, 1.165) is 9.37 Å². The minimum atomic E-state index is -0.220. The van der Waals surface area contributed by atoms with E-state index in [0.29, 0.717) is 30.4 Å². The smallest absolute Gasteiger partial charge is 0.237 e. The molecule has 1 atom stereocenters. The van der Waals surface area contributed by atoms with E-state index in [9.17, 15) is 4.79 Å². The molecule has 0 fully saturated rings. The Labute approximate surface area is 147 Å². The Hall–Kier alpha value is -1.66. The second-order valence-corrected chi connectivity index (χ2v) is 7.28. The van der Waals surface area contributed by atoms with E-state index in [4.69, 9.17) is 9.47 Å². The summed E-state index contributed by atoms with van der Waals surface area (Å²) in [7, 11) is 0. The van der Waals surface area contributed by atoms with Gasteiger partial charge in [0.15, 0.2) is 11.5 Å². The second-order valence-electron chi connectivity index (χ2n) is 5.04. The van der Waals surface area contributed by atoms with E-state index in [1.165, 1.54) is 11.8 Å². The van der Waals surface area contributed by atoms with Crippen LogP contribution in [0.3, 0.4) is 0 Å². The standard InChI is InChI=1S/C17H16BrNO3S/c1-11(23-16-5-3-2-4-13(16)18)17(20)19-12-6-7-14-15(10-12)22-9-8-21-14/h2-7,10-11H,8-9H2,1H3,(H,19,20). The second kappa shape index (κ2) is 7.27. The summed E-state index contributed by atoms with van der Waals surface area (Å²) < 4.78 is 12.0. The number of anilines is 1. The highest BCUT2D eigenvalue weighted by Crippen LogP contribution is 2.34. The van der Waals surface area contributed by atoms with Gasteiger partial charge in [-0.15, -0.1) is 11.8 Å². The molecule has 0 saturated heterocycles. The van der Waals surface area contributed by atoms with Crippen LogP contribution in [0.4, 0.5) is 5.69 Å². The van der Waals surface area contributed by atoms with Crippen LogP contribution in [0.2, 0.25) is 0 Å². The van der Waals surface area contributed by atoms with Gasteiger partial charge in [-0.1, -0.05) is 12.1 Å². The molecule has 23 heavy (non-hydrogen) atoms. The highest BCUT2D eigenvalue weighted by Gasteiger charge is 2.17. The first-order valence-corrected chi connectivity index (χ1v) is 8.92. The topological polar surface area (TPSA) is 47.6 Å². The molecular weight excluding hydrogens is 378 g/mol. The van der Waals surface area contributed by atoms with Crippen LogP contribution >= 0.6 is 27.7 Å². The quantitative estimate of drug-likeness (QED) is 0.784. The normalized spacial score (nSPS) is 14.2. The fourth-order valence-electron chi connectivity index (χ4n) is 2.15. The number of hydrogen-bond acceptors (Lipinski definition) is 4. The van der Waals surface area contributed by atoms with Crippen molar-refractivity contribution >= 4 is 39.3 Å². The van der Waals surface area contributed by atoms with E-state index in [-0.39, 0.29) is 11.2 Å². The van der Waals surface area contributed by atoms with Gasteiger partial charge in [0.1, 0.15) is 13.2 Å². The summed E-state index contributed by atoms with van der Waals surface area (Å²) >= 11 is 5.01. The third-order valence-electron chi connectivity index (χ3n) is 3.32. The fraction of sp³-hybridized carbons (Fsp3) is 0.235. The van der Waals surface area contributed by atoms with Crippen LogP contribution in [0.1, 0.15) is 6.92 Å². The summed E-state index contributed by atoms with van der Waals surface area (Å²) in [4.78, 5) is 13.4. The maximum atomic E-state index is 12.4. The van der Waals surface area contributed by atoms with Crippen molar-refractivity contribution < 1.29 is 14.3 Å². The molecule has 0 aliphatic carbocycles. The van der Waals surface area contributed by atoms with Gasteiger partial charge in [0.05, 0.1) is 5.25 Å². The molecule has 1 aliphatic rings. The van der Waals surface area contributed by atoms with Gasteiger partial charge in [-0.2, -0.15) is 0 Å². The van der Waals surface area contributed by atoms with Crippen LogP contribution < -0.4 is 14.8 Å². The Morgan fingerprint density at radius 3 is 2.70 bits per heavy atom. The number of carbonyl (C=O) groups is 1. The van der Waals surface area contributed by atoms with Gasteiger partial charge in [-0.05, 0) is 47.1 Å². The molecule has 2 aromatic carbocycles. The van der Waals surface area contributed by atoms with Crippen LogP contribution in [0.5, 0.6) is 11.5 Å². The van der Waals surface area contributed by atoms with Gasteiger partial charge in [-0.25, -0.2) is 0 Å². The third-order valence-corrected chi connectivity index (χ3v) is 5.45. The van der Waals surface area contributed by atoms with Crippen molar-refractivity contribution in [1.29, 1.82) is 0 Å². The highest BCUT2D eigenvalue weighted by molar-refractivity contribution is 9.10. The van der Waals surface area contributed by atoms with Gasteiger partial charge in [0.2, 0.25) is 5.91 Å². The van der Waals surface area contributed by atoms with E-state index < -0.39 is 0 Å². The highest BCUT2D eigenvalue weighted by atomic mass is 79.9. The molecule has 120 valence electrons. The number of amides is 1. The van der Waals surface area contributed by atoms with Crippen molar-refractivity contribution in [3.63, 3.8) is 0 Å². The molecular formula is C17H16BrNO3S. The number of rotatable bonds is 4. The average molecular weight is 394 g/mol. The first-order valence-electron chi connectivity index (χ1n) is 7.25. The van der Waals surface area contributed by atoms with Gasteiger partial charge in [-0.3, -0.25) is 4.79 Å². The first kappa shape index (κ1) is 16.2. The lowest BCUT2D eigenvalue weighted by atomic mass is 10.2. The van der Waals surface area contributed by atoms with Crippen LogP contribution in [-0.2, 0) is 4.79 Å². The van der Waals surface area contributed by atoms with Gasteiger partial charge in [0.25, 0.3) is 0 Å². The number of halogens is 1. The largest absolute Gasteiger partial charge is 0.486 e. The molecule has 1 unspecified atom stereocenters. The Kier molecular flexibility index (Phi) is 5.13. The van der Waals surface area contributed by atoms with Crippen LogP contribution in [0, 0.1) is 0 Å². The number of nitrogens with one attached hydrogen (secondary N) is 1. The summed E-state index contributed by atoms with van der Waals surface area (Å²) in [5.41, 5.74) is 0.707. The molecule has 0 aromatic heterocycles. The molecule has 4 nitrogen and oxygen atoms in total. The average Bonchev–Trinajstić information content (AvgIpc) is 2.56. The summed E-state index contributed by atoms with van der Waals surface area (Å²) in [5.74, 6) is 1.33. The summed E-state index contributed by atoms with van der Waals surface area (Å²) in [5, 5.41) is 2.70. The number of fused-ring (bicyclic) bond motifs is 1. The molecule has 6 heteroatoms. The fourth-order valence-corrected chi connectivity index (χ4v) is 3.60. The van der Waals surface area contributed by atoms with Crippen molar-refractivity contribution in [3.8, 4) is 11.5 Å². The minimum absolute atomic E-state index is 0.0533. The van der Waals surface area contributed by atoms with Gasteiger partial charge >= 0.3 is 0 Å². The number of benzene rings is 2. The van der Waals surface area contributed by atoms with E-state index >= 15 is 0 Å². The lowest BCUT2D eigenvalue weighted by molar-refractivity contribution is -0.115. The Morgan fingerprint density at radius 2 is 1.91 bits per heavy atom. The van der Waals surface area contributed by atoms with E-state index in [1.807, 2.05) is 43.3 Å². The number of ether oxygens (including phenoxy) is 2. The minimum Gasteiger partial charge on any atom is -0.486 e. The maximum Gasteiger partial charge on any atom is 0.237 e. The number of hydrogen-bond donors (Lipinski definition) is 1. The lowest BCUT2D eigenvalue weighted by Gasteiger charge is -2.19. The molecule has 2 aromatic rings. The van der Waals surface area contributed by atoms with Crippen LogP contribution in [0.15, 0.2) is 51.8 Å².